The van der Waals surface area contributed by atoms with E-state index in [4.69, 9.17) is 19.4 Å². The first kappa shape index (κ1) is 34.4. The predicted octanol–water partition coefficient (Wildman–Crippen LogP) is 7.50. The second-order valence-corrected chi connectivity index (χ2v) is 16.0. The standard InChI is InChI=1S/C38H50N4O5S/c1-24-18-28(12-15-32(24)46-5)26-8-6-25(7-9-26)21-42(34-19-29(16-17-39-34)33-20-40-36(48-33)38(2,3)4)35(44)27-10-13-31(14-11-27)47-37(45)41-22-30(43)23-41/h12,15-20,25-27,30-31,43H,6-11,13-14,21-23H2,1-5H3/t25-,26-,27-,31-. The highest BCUT2D eigenvalue weighted by Gasteiger charge is 2.36. The van der Waals surface area contributed by atoms with Gasteiger partial charge in [-0.3, -0.25) is 9.69 Å². The number of likely N-dealkylation sites (tertiary alicyclic amines) is 1. The van der Waals surface area contributed by atoms with E-state index >= 15 is 0 Å². The molecule has 3 aromatic rings. The number of carbonyl (C=O) groups excluding carboxylic acids is 2. The van der Waals surface area contributed by atoms with Crippen LogP contribution in [0.4, 0.5) is 10.6 Å². The first-order valence-electron chi connectivity index (χ1n) is 17.5. The lowest BCUT2D eigenvalue weighted by Gasteiger charge is -2.38. The number of rotatable bonds is 8. The van der Waals surface area contributed by atoms with Crippen molar-refractivity contribution in [3.63, 3.8) is 0 Å². The Kier molecular flexibility index (Phi) is 10.4. The summed E-state index contributed by atoms with van der Waals surface area (Å²) in [5.41, 5.74) is 3.53. The van der Waals surface area contributed by atoms with Gasteiger partial charge in [0.25, 0.3) is 0 Å². The maximum Gasteiger partial charge on any atom is 0.410 e. The molecule has 2 saturated carbocycles. The zero-order valence-electron chi connectivity index (χ0n) is 29.0. The summed E-state index contributed by atoms with van der Waals surface area (Å²) in [6.45, 7) is 9.91. The summed E-state index contributed by atoms with van der Waals surface area (Å²) in [6.07, 6.45) is 9.66. The smallest absolute Gasteiger partial charge is 0.410 e. The van der Waals surface area contributed by atoms with E-state index in [1.165, 1.54) is 16.0 Å². The van der Waals surface area contributed by atoms with Crippen molar-refractivity contribution in [3.05, 3.63) is 58.9 Å². The Balaban J connectivity index is 1.16. The van der Waals surface area contributed by atoms with Crippen molar-refractivity contribution in [2.45, 2.75) is 103 Å². The van der Waals surface area contributed by atoms with Crippen LogP contribution in [0.2, 0.25) is 0 Å². The average molecular weight is 675 g/mol. The van der Waals surface area contributed by atoms with Gasteiger partial charge < -0.3 is 19.5 Å². The number of thiazole rings is 1. The van der Waals surface area contributed by atoms with Crippen molar-refractivity contribution >= 4 is 29.2 Å². The van der Waals surface area contributed by atoms with E-state index < -0.39 is 6.10 Å². The van der Waals surface area contributed by atoms with Crippen LogP contribution in [0, 0.1) is 18.8 Å². The lowest BCUT2D eigenvalue weighted by molar-refractivity contribution is -0.124. The summed E-state index contributed by atoms with van der Waals surface area (Å²) >= 11 is 1.69. The fourth-order valence-corrected chi connectivity index (χ4v) is 8.30. The Morgan fingerprint density at radius 2 is 1.73 bits per heavy atom. The SMILES string of the molecule is COc1ccc([C@H]2CC[C@H](CN(c3cc(-c4cnc(C(C)(C)C)s4)ccn3)C(=O)[C@H]3CC[C@H](OC(=O)N4CC(O)C4)CC3)CC2)cc1C. The third kappa shape index (κ3) is 7.86. The molecule has 0 spiro atoms. The lowest BCUT2D eigenvalue weighted by atomic mass is 9.78. The van der Waals surface area contributed by atoms with Gasteiger partial charge in [-0.25, -0.2) is 14.8 Å². The largest absolute Gasteiger partial charge is 0.496 e. The number of nitrogens with zero attached hydrogens (tertiary/aromatic N) is 4. The number of aliphatic hydroxyl groups excluding tert-OH is 1. The molecular formula is C38H50N4O5S. The van der Waals surface area contributed by atoms with Crippen molar-refractivity contribution < 1.29 is 24.2 Å². The first-order chi connectivity index (χ1) is 23.0. The fourth-order valence-electron chi connectivity index (χ4n) is 7.33. The molecule has 2 amide bonds. The minimum absolute atomic E-state index is 0.0339. The van der Waals surface area contributed by atoms with Crippen LogP contribution in [0.15, 0.2) is 42.7 Å². The zero-order chi connectivity index (χ0) is 34.0. The van der Waals surface area contributed by atoms with E-state index in [0.717, 1.165) is 46.9 Å². The molecule has 2 aliphatic carbocycles. The summed E-state index contributed by atoms with van der Waals surface area (Å²) in [6, 6.07) is 10.6. The third-order valence-electron chi connectivity index (χ3n) is 10.3. The van der Waals surface area contributed by atoms with Gasteiger partial charge in [-0.15, -0.1) is 11.3 Å². The third-order valence-corrected chi connectivity index (χ3v) is 11.8. The number of ether oxygens (including phenoxy) is 2. The summed E-state index contributed by atoms with van der Waals surface area (Å²) in [4.78, 5) is 40.8. The minimum Gasteiger partial charge on any atom is -0.496 e. The Bertz CT molecular complexity index is 1580. The van der Waals surface area contributed by atoms with Crippen LogP contribution in [-0.2, 0) is 14.9 Å². The fraction of sp³-hybridized carbons (Fsp3) is 0.579. The molecule has 1 aromatic carbocycles. The Hall–Kier alpha value is -3.50. The van der Waals surface area contributed by atoms with Crippen LogP contribution in [-0.4, -0.2) is 70.9 Å². The molecule has 1 N–H and O–H groups in total. The molecule has 0 unspecified atom stereocenters. The Morgan fingerprint density at radius 3 is 2.35 bits per heavy atom. The molecule has 10 heteroatoms. The molecule has 3 heterocycles. The van der Waals surface area contributed by atoms with Crippen molar-refractivity contribution in [3.8, 4) is 16.2 Å². The number of anilines is 1. The van der Waals surface area contributed by atoms with E-state index in [0.29, 0.717) is 63.0 Å². The normalized spacial score (nSPS) is 23.3. The number of aliphatic hydroxyl groups is 1. The van der Waals surface area contributed by atoms with E-state index in [2.05, 4.69) is 52.0 Å². The first-order valence-corrected chi connectivity index (χ1v) is 18.3. The van der Waals surface area contributed by atoms with Gasteiger partial charge in [-0.1, -0.05) is 32.9 Å². The van der Waals surface area contributed by atoms with E-state index in [-0.39, 0.29) is 29.4 Å². The van der Waals surface area contributed by atoms with Gasteiger partial charge in [0.2, 0.25) is 5.91 Å². The number of amides is 2. The lowest BCUT2D eigenvalue weighted by Crippen LogP contribution is -2.54. The molecule has 1 saturated heterocycles. The highest BCUT2D eigenvalue weighted by molar-refractivity contribution is 7.15. The highest BCUT2D eigenvalue weighted by Crippen LogP contribution is 2.39. The van der Waals surface area contributed by atoms with Crippen LogP contribution in [0.3, 0.4) is 0 Å². The van der Waals surface area contributed by atoms with Gasteiger partial charge >= 0.3 is 6.09 Å². The van der Waals surface area contributed by atoms with Crippen LogP contribution < -0.4 is 9.64 Å². The van der Waals surface area contributed by atoms with Crippen LogP contribution in [0.1, 0.15) is 94.2 Å². The molecule has 1 aliphatic heterocycles. The zero-order valence-corrected chi connectivity index (χ0v) is 29.8. The van der Waals surface area contributed by atoms with Gasteiger partial charge in [-0.2, -0.15) is 0 Å². The van der Waals surface area contributed by atoms with Gasteiger partial charge in [0.05, 0.1) is 36.2 Å². The van der Waals surface area contributed by atoms with Crippen LogP contribution >= 0.6 is 11.3 Å². The molecule has 3 fully saturated rings. The number of benzene rings is 1. The molecule has 0 radical (unpaired) electrons. The van der Waals surface area contributed by atoms with Crippen molar-refractivity contribution in [1.82, 2.24) is 14.9 Å². The number of carbonyl (C=O) groups is 2. The van der Waals surface area contributed by atoms with Crippen molar-refractivity contribution in [2.24, 2.45) is 11.8 Å². The van der Waals surface area contributed by atoms with Crippen molar-refractivity contribution in [1.29, 1.82) is 0 Å². The summed E-state index contributed by atoms with van der Waals surface area (Å²) in [5.74, 6) is 2.48. The van der Waals surface area contributed by atoms with Crippen LogP contribution in [0.25, 0.3) is 10.4 Å². The highest BCUT2D eigenvalue weighted by atomic mass is 32.1. The summed E-state index contributed by atoms with van der Waals surface area (Å²) in [7, 11) is 1.72. The number of hydrogen-bond acceptors (Lipinski definition) is 8. The average Bonchev–Trinajstić information content (AvgIpc) is 3.58. The molecule has 6 rings (SSSR count). The second kappa shape index (κ2) is 14.5. The predicted molar refractivity (Wildman–Crippen MR) is 189 cm³/mol. The quantitative estimate of drug-likeness (QED) is 0.264. The molecule has 2 aromatic heterocycles. The Morgan fingerprint density at radius 1 is 1.00 bits per heavy atom. The van der Waals surface area contributed by atoms with E-state index in [1.54, 1.807) is 18.4 Å². The van der Waals surface area contributed by atoms with Gasteiger partial charge in [0.1, 0.15) is 17.7 Å². The number of methoxy groups -OCH3 is 1. The molecule has 0 atom stereocenters. The molecule has 258 valence electrons. The monoisotopic (exact) mass is 674 g/mol. The van der Waals surface area contributed by atoms with E-state index in [1.807, 2.05) is 23.4 Å². The minimum atomic E-state index is -0.456. The van der Waals surface area contributed by atoms with E-state index in [9.17, 15) is 14.7 Å². The van der Waals surface area contributed by atoms with Gasteiger partial charge in [0.15, 0.2) is 0 Å². The second-order valence-electron chi connectivity index (χ2n) is 15.0. The molecule has 48 heavy (non-hydrogen) atoms. The number of β-amino-alcohol motifs (C(OH)–C–C–N with tert-alkyl or cyclic N) is 1. The van der Waals surface area contributed by atoms with Gasteiger partial charge in [-0.05, 0) is 105 Å². The molecule has 3 aliphatic rings. The molecule has 0 bridgehead atoms. The number of aryl methyl sites for hydroxylation is 1. The number of pyridine rings is 1. The molecule has 9 nitrogen and oxygen atoms in total. The maximum atomic E-state index is 14.4. The summed E-state index contributed by atoms with van der Waals surface area (Å²) in [5, 5.41) is 10.6. The number of hydrogen-bond donors (Lipinski definition) is 1. The topological polar surface area (TPSA) is 105 Å². The number of aromatic nitrogens is 2. The maximum absolute atomic E-state index is 14.4. The molecular weight excluding hydrogens is 625 g/mol. The van der Waals surface area contributed by atoms with Crippen LogP contribution in [0.5, 0.6) is 5.75 Å². The van der Waals surface area contributed by atoms with Gasteiger partial charge in [0, 0.05) is 30.3 Å². The summed E-state index contributed by atoms with van der Waals surface area (Å²) < 4.78 is 11.2. The Labute approximate surface area is 288 Å². The van der Waals surface area contributed by atoms with Crippen molar-refractivity contribution in [2.75, 3.05) is 31.6 Å².